The number of rotatable bonds is 6. The van der Waals surface area contributed by atoms with Crippen LogP contribution in [-0.4, -0.2) is 18.8 Å². The average Bonchev–Trinajstić information content (AvgIpc) is 2.37. The molecule has 0 radical (unpaired) electrons. The number of hydrogen-bond donors (Lipinski definition) is 1. The van der Waals surface area contributed by atoms with Crippen molar-refractivity contribution in [3.63, 3.8) is 0 Å². The topological polar surface area (TPSA) is 38.7 Å². The summed E-state index contributed by atoms with van der Waals surface area (Å²) in [5.41, 5.74) is 2.67. The van der Waals surface area contributed by atoms with E-state index < -0.39 is 0 Å². The third-order valence-corrected chi connectivity index (χ3v) is 2.77. The van der Waals surface area contributed by atoms with Gasteiger partial charge >= 0.3 is 0 Å². The number of phenols is 1. The maximum absolute atomic E-state index is 9.25. The van der Waals surface area contributed by atoms with E-state index in [0.717, 1.165) is 16.7 Å². The Hall–Kier alpha value is -2.00. The number of aromatic hydroxyl groups is 1. The highest BCUT2D eigenvalue weighted by Gasteiger charge is 2.09. The summed E-state index contributed by atoms with van der Waals surface area (Å²) >= 11 is 0. The van der Waals surface area contributed by atoms with E-state index in [9.17, 15) is 5.11 Å². The van der Waals surface area contributed by atoms with Gasteiger partial charge in [-0.15, -0.1) is 0 Å². The molecule has 1 N–H and O–H groups in total. The number of ether oxygens (including phenoxy) is 2. The molecule has 1 aromatic carbocycles. The average molecular weight is 260 g/mol. The molecule has 0 aliphatic carbocycles. The first-order valence-electron chi connectivity index (χ1n) is 5.96. The van der Waals surface area contributed by atoms with E-state index in [0.29, 0.717) is 18.1 Å². The van der Waals surface area contributed by atoms with Gasteiger partial charge in [0, 0.05) is 12.7 Å². The number of phenolic OH excluding ortho intramolecular Hbond substituents is 1. The molecule has 0 heterocycles. The first-order chi connectivity index (χ1) is 8.95. The van der Waals surface area contributed by atoms with E-state index in [-0.39, 0.29) is 5.75 Å². The van der Waals surface area contributed by atoms with Crippen LogP contribution in [0.3, 0.4) is 0 Å². The van der Waals surface area contributed by atoms with Crippen molar-refractivity contribution in [2.75, 3.05) is 13.7 Å². The van der Waals surface area contributed by atoms with Gasteiger partial charge < -0.3 is 14.6 Å². The van der Waals surface area contributed by atoms with Crippen molar-refractivity contribution in [3.05, 3.63) is 59.9 Å². The van der Waals surface area contributed by atoms with Crippen LogP contribution in [0.25, 0.3) is 5.76 Å². The summed E-state index contributed by atoms with van der Waals surface area (Å²) in [6, 6.07) is 6.68. The van der Waals surface area contributed by atoms with Gasteiger partial charge in [0.15, 0.2) is 0 Å². The molecule has 1 aromatic rings. The SMILES string of the molecule is C=C(C)/C(C)=C(\COC)OC(=C)c1ccc(O)cc1. The number of methoxy groups -OCH3 is 1. The lowest BCUT2D eigenvalue weighted by molar-refractivity contribution is 0.179. The van der Waals surface area contributed by atoms with Crippen LogP contribution in [0.5, 0.6) is 5.75 Å². The zero-order valence-corrected chi connectivity index (χ0v) is 11.7. The molecule has 0 aromatic heterocycles. The van der Waals surface area contributed by atoms with Crippen molar-refractivity contribution in [2.45, 2.75) is 13.8 Å². The highest BCUT2D eigenvalue weighted by Crippen LogP contribution is 2.23. The Labute approximate surface area is 114 Å². The van der Waals surface area contributed by atoms with Crippen LogP contribution in [-0.2, 0) is 9.47 Å². The quantitative estimate of drug-likeness (QED) is 0.623. The zero-order valence-electron chi connectivity index (χ0n) is 11.7. The lowest BCUT2D eigenvalue weighted by atomic mass is 10.1. The van der Waals surface area contributed by atoms with Gasteiger partial charge in [-0.3, -0.25) is 0 Å². The third kappa shape index (κ3) is 4.30. The predicted molar refractivity (Wildman–Crippen MR) is 77.6 cm³/mol. The van der Waals surface area contributed by atoms with Crippen molar-refractivity contribution in [3.8, 4) is 5.75 Å². The second kappa shape index (κ2) is 6.81. The van der Waals surface area contributed by atoms with Crippen LogP contribution >= 0.6 is 0 Å². The molecule has 0 atom stereocenters. The fourth-order valence-electron chi connectivity index (χ4n) is 1.44. The van der Waals surface area contributed by atoms with Crippen LogP contribution < -0.4 is 0 Å². The Morgan fingerprint density at radius 2 is 1.74 bits per heavy atom. The maximum Gasteiger partial charge on any atom is 0.133 e. The summed E-state index contributed by atoms with van der Waals surface area (Å²) in [6.45, 7) is 12.0. The second-order valence-corrected chi connectivity index (χ2v) is 4.33. The molecule has 19 heavy (non-hydrogen) atoms. The minimum Gasteiger partial charge on any atom is -0.508 e. The van der Waals surface area contributed by atoms with Gasteiger partial charge in [-0.05, 0) is 43.7 Å². The smallest absolute Gasteiger partial charge is 0.133 e. The van der Waals surface area contributed by atoms with Gasteiger partial charge in [0.25, 0.3) is 0 Å². The fourth-order valence-corrected chi connectivity index (χ4v) is 1.44. The van der Waals surface area contributed by atoms with Crippen LogP contribution in [0.2, 0.25) is 0 Å². The Balaban J connectivity index is 2.91. The van der Waals surface area contributed by atoms with Gasteiger partial charge in [-0.2, -0.15) is 0 Å². The van der Waals surface area contributed by atoms with Gasteiger partial charge in [-0.1, -0.05) is 18.7 Å². The van der Waals surface area contributed by atoms with Crippen LogP contribution in [0, 0.1) is 0 Å². The van der Waals surface area contributed by atoms with E-state index >= 15 is 0 Å². The van der Waals surface area contributed by atoms with E-state index in [2.05, 4.69) is 13.2 Å². The van der Waals surface area contributed by atoms with Gasteiger partial charge in [0.05, 0.1) is 0 Å². The monoisotopic (exact) mass is 260 g/mol. The van der Waals surface area contributed by atoms with E-state index in [1.54, 1.807) is 31.4 Å². The Morgan fingerprint density at radius 1 is 1.16 bits per heavy atom. The molecule has 0 spiro atoms. The first-order valence-corrected chi connectivity index (χ1v) is 5.96. The van der Waals surface area contributed by atoms with E-state index in [1.807, 2.05) is 13.8 Å². The zero-order chi connectivity index (χ0) is 14.4. The van der Waals surface area contributed by atoms with Crippen molar-refractivity contribution in [2.24, 2.45) is 0 Å². The summed E-state index contributed by atoms with van der Waals surface area (Å²) in [5.74, 6) is 1.41. The third-order valence-electron chi connectivity index (χ3n) is 2.77. The fraction of sp³-hybridized carbons (Fsp3) is 0.250. The number of hydrogen-bond acceptors (Lipinski definition) is 3. The molecule has 0 aliphatic rings. The lowest BCUT2D eigenvalue weighted by Gasteiger charge is -2.15. The van der Waals surface area contributed by atoms with Crippen molar-refractivity contribution >= 4 is 5.76 Å². The summed E-state index contributed by atoms with van der Waals surface area (Å²) in [5, 5.41) is 9.25. The van der Waals surface area contributed by atoms with Crippen molar-refractivity contribution in [1.29, 1.82) is 0 Å². The Kier molecular flexibility index (Phi) is 5.39. The molecule has 3 heteroatoms. The summed E-state index contributed by atoms with van der Waals surface area (Å²) < 4.78 is 10.9. The molecular formula is C16H20O3. The molecule has 1 rings (SSSR count). The van der Waals surface area contributed by atoms with E-state index in [4.69, 9.17) is 9.47 Å². The number of allylic oxidation sites excluding steroid dienone is 2. The Bertz CT molecular complexity index is 495. The normalized spacial score (nSPS) is 11.7. The molecule has 0 amide bonds. The molecule has 0 saturated carbocycles. The molecule has 0 unspecified atom stereocenters. The van der Waals surface area contributed by atoms with Crippen LogP contribution in [0.15, 0.2) is 54.3 Å². The molecule has 0 bridgehead atoms. The first kappa shape index (κ1) is 15.1. The van der Waals surface area contributed by atoms with Crippen molar-refractivity contribution < 1.29 is 14.6 Å². The van der Waals surface area contributed by atoms with Gasteiger partial charge in [0.2, 0.25) is 0 Å². The minimum absolute atomic E-state index is 0.210. The molecular weight excluding hydrogens is 240 g/mol. The predicted octanol–water partition coefficient (Wildman–Crippen LogP) is 3.88. The lowest BCUT2D eigenvalue weighted by Crippen LogP contribution is -2.03. The highest BCUT2D eigenvalue weighted by atomic mass is 16.5. The second-order valence-electron chi connectivity index (χ2n) is 4.33. The number of benzene rings is 1. The van der Waals surface area contributed by atoms with E-state index in [1.165, 1.54) is 0 Å². The molecule has 0 saturated heterocycles. The highest BCUT2D eigenvalue weighted by molar-refractivity contribution is 5.59. The van der Waals surface area contributed by atoms with Gasteiger partial charge in [-0.25, -0.2) is 0 Å². The Morgan fingerprint density at radius 3 is 2.21 bits per heavy atom. The van der Waals surface area contributed by atoms with Crippen LogP contribution in [0.4, 0.5) is 0 Å². The molecule has 3 nitrogen and oxygen atoms in total. The summed E-state index contributed by atoms with van der Waals surface area (Å²) in [4.78, 5) is 0. The van der Waals surface area contributed by atoms with Crippen molar-refractivity contribution in [1.82, 2.24) is 0 Å². The molecule has 0 aliphatic heterocycles. The van der Waals surface area contributed by atoms with Gasteiger partial charge in [0.1, 0.15) is 23.9 Å². The largest absolute Gasteiger partial charge is 0.508 e. The molecule has 0 fully saturated rings. The minimum atomic E-state index is 0.210. The maximum atomic E-state index is 9.25. The molecule has 102 valence electrons. The summed E-state index contributed by atoms with van der Waals surface area (Å²) in [6.07, 6.45) is 0. The summed E-state index contributed by atoms with van der Waals surface area (Å²) in [7, 11) is 1.61. The standard InChI is InChI=1S/C16H20O3/c1-11(2)12(3)16(10-18-5)19-13(4)14-6-8-15(17)9-7-14/h6-9,17H,1,4,10H2,2-3,5H3/b16-12+. The van der Waals surface area contributed by atoms with Crippen LogP contribution in [0.1, 0.15) is 19.4 Å².